The molecule has 0 saturated heterocycles. The third-order valence-electron chi connectivity index (χ3n) is 4.94. The van der Waals surface area contributed by atoms with Crippen molar-refractivity contribution in [3.05, 3.63) is 64.4 Å². The Morgan fingerprint density at radius 1 is 1.15 bits per heavy atom. The first-order chi connectivity index (χ1) is 12.7. The van der Waals surface area contributed by atoms with Crippen molar-refractivity contribution in [2.75, 3.05) is 6.61 Å². The normalized spacial score (nSPS) is 18.8. The van der Waals surface area contributed by atoms with Crippen molar-refractivity contribution in [2.45, 2.75) is 19.3 Å². The van der Waals surface area contributed by atoms with Gasteiger partial charge in [0.05, 0.1) is 16.6 Å². The van der Waals surface area contributed by atoms with Gasteiger partial charge in [0.1, 0.15) is 6.10 Å². The number of aliphatic hydroxyl groups excluding tert-OH is 1. The predicted molar refractivity (Wildman–Crippen MR) is 98.9 cm³/mol. The van der Waals surface area contributed by atoms with Gasteiger partial charge in [0, 0.05) is 23.1 Å². The summed E-state index contributed by atoms with van der Waals surface area (Å²) in [5.74, 6) is 0.434. The number of aromatic nitrogens is 3. The molecule has 1 aliphatic rings. The molecule has 2 N–H and O–H groups in total. The quantitative estimate of drug-likeness (QED) is 0.584. The molecule has 0 radical (unpaired) electrons. The number of ether oxygens (including phenoxy) is 1. The lowest BCUT2D eigenvalue weighted by Crippen LogP contribution is -2.35. The molecular formula is C20H17N3O3. The number of rotatable bonds is 2. The molecule has 0 aliphatic carbocycles. The van der Waals surface area contributed by atoms with E-state index in [1.54, 1.807) is 18.2 Å². The van der Waals surface area contributed by atoms with Gasteiger partial charge in [-0.25, -0.2) is 4.98 Å². The molecule has 2 aromatic carbocycles. The second kappa shape index (κ2) is 5.52. The zero-order chi connectivity index (χ0) is 17.8. The van der Waals surface area contributed by atoms with E-state index in [2.05, 4.69) is 9.97 Å². The van der Waals surface area contributed by atoms with Gasteiger partial charge in [-0.1, -0.05) is 30.3 Å². The molecule has 6 nitrogen and oxygen atoms in total. The van der Waals surface area contributed by atoms with E-state index in [1.807, 2.05) is 37.3 Å². The topological polar surface area (TPSA) is 80.1 Å². The maximum atomic E-state index is 13.1. The van der Waals surface area contributed by atoms with Gasteiger partial charge in [0.15, 0.2) is 12.1 Å². The van der Waals surface area contributed by atoms with Crippen molar-refractivity contribution < 1.29 is 9.84 Å². The van der Waals surface area contributed by atoms with Gasteiger partial charge >= 0.3 is 0 Å². The van der Waals surface area contributed by atoms with Crippen LogP contribution in [0.15, 0.2) is 53.3 Å². The molecule has 3 heterocycles. The maximum absolute atomic E-state index is 13.1. The molecule has 5 rings (SSSR count). The number of aliphatic hydroxyl groups is 1. The van der Waals surface area contributed by atoms with Crippen LogP contribution in [0.25, 0.3) is 33.3 Å². The lowest BCUT2D eigenvalue weighted by atomic mass is 9.99. The summed E-state index contributed by atoms with van der Waals surface area (Å²) in [5.41, 5.74) is 2.82. The van der Waals surface area contributed by atoms with E-state index in [0.717, 1.165) is 22.2 Å². The summed E-state index contributed by atoms with van der Waals surface area (Å²) in [4.78, 5) is 21.1. The molecule has 2 atom stereocenters. The van der Waals surface area contributed by atoms with Crippen LogP contribution in [0.1, 0.15) is 24.8 Å². The number of nitrogens with one attached hydrogen (secondary N) is 1. The van der Waals surface area contributed by atoms with Crippen molar-refractivity contribution in [3.8, 4) is 11.5 Å². The van der Waals surface area contributed by atoms with Crippen molar-refractivity contribution in [1.29, 1.82) is 0 Å². The smallest absolute Gasteiger partial charge is 0.263 e. The SMILES string of the molecule is CCOC1c2c([nH]c3ccccc23)-c2nc3ccccc3c(=O)n2C1O. The summed E-state index contributed by atoms with van der Waals surface area (Å²) in [6.07, 6.45) is -1.78. The number of aromatic amines is 1. The van der Waals surface area contributed by atoms with E-state index in [1.165, 1.54) is 4.57 Å². The molecule has 2 unspecified atom stereocenters. The molecule has 0 fully saturated rings. The Bertz CT molecular complexity index is 1210. The molecule has 130 valence electrons. The fourth-order valence-corrected chi connectivity index (χ4v) is 3.84. The minimum atomic E-state index is -1.14. The third-order valence-corrected chi connectivity index (χ3v) is 4.94. The summed E-state index contributed by atoms with van der Waals surface area (Å²) < 4.78 is 7.19. The number of hydrogen-bond donors (Lipinski definition) is 2. The van der Waals surface area contributed by atoms with E-state index >= 15 is 0 Å². The van der Waals surface area contributed by atoms with Gasteiger partial charge < -0.3 is 14.8 Å². The number of benzene rings is 2. The molecule has 1 aliphatic heterocycles. The van der Waals surface area contributed by atoms with Crippen LogP contribution in [-0.2, 0) is 4.74 Å². The van der Waals surface area contributed by atoms with Crippen LogP contribution in [0.4, 0.5) is 0 Å². The first-order valence-corrected chi connectivity index (χ1v) is 8.62. The number of nitrogens with zero attached hydrogens (tertiary/aromatic N) is 2. The summed E-state index contributed by atoms with van der Waals surface area (Å²) in [5, 5.41) is 12.4. The first kappa shape index (κ1) is 15.3. The van der Waals surface area contributed by atoms with Gasteiger partial charge in [-0.2, -0.15) is 0 Å². The fraction of sp³-hybridized carbons (Fsp3) is 0.200. The summed E-state index contributed by atoms with van der Waals surface area (Å²) in [7, 11) is 0. The predicted octanol–water partition coefficient (Wildman–Crippen LogP) is 3.13. The molecule has 0 bridgehead atoms. The fourth-order valence-electron chi connectivity index (χ4n) is 3.84. The average Bonchev–Trinajstić information content (AvgIpc) is 3.05. The first-order valence-electron chi connectivity index (χ1n) is 8.62. The molecule has 4 aromatic rings. The summed E-state index contributed by atoms with van der Waals surface area (Å²) in [6, 6.07) is 15.0. The highest BCUT2D eigenvalue weighted by Crippen LogP contribution is 2.44. The molecule has 0 saturated carbocycles. The van der Waals surface area contributed by atoms with Crippen molar-refractivity contribution in [2.24, 2.45) is 0 Å². The van der Waals surface area contributed by atoms with Gasteiger partial charge in [0.25, 0.3) is 5.56 Å². The standard InChI is InChI=1S/C20H17N3O3/c1-2-26-17-15-11-7-3-5-9-13(11)21-16(15)18-22-14-10-6-4-8-12(14)19(24)23(18)20(17)25/h3-10,17,20-21,25H,2H2,1H3. The Kier molecular flexibility index (Phi) is 3.25. The Morgan fingerprint density at radius 2 is 1.88 bits per heavy atom. The van der Waals surface area contributed by atoms with Crippen LogP contribution >= 0.6 is 0 Å². The molecular weight excluding hydrogens is 330 g/mol. The zero-order valence-corrected chi connectivity index (χ0v) is 14.1. The number of hydrogen-bond acceptors (Lipinski definition) is 4. The van der Waals surface area contributed by atoms with E-state index in [4.69, 9.17) is 4.74 Å². The monoisotopic (exact) mass is 347 g/mol. The van der Waals surface area contributed by atoms with Crippen molar-refractivity contribution in [3.63, 3.8) is 0 Å². The second-order valence-electron chi connectivity index (χ2n) is 6.38. The molecule has 6 heteroatoms. The van der Waals surface area contributed by atoms with Gasteiger partial charge in [-0.15, -0.1) is 0 Å². The van der Waals surface area contributed by atoms with E-state index < -0.39 is 12.3 Å². The summed E-state index contributed by atoms with van der Waals surface area (Å²) >= 11 is 0. The van der Waals surface area contributed by atoms with Crippen molar-refractivity contribution >= 4 is 21.8 Å². The lowest BCUT2D eigenvalue weighted by Gasteiger charge is -2.31. The summed E-state index contributed by atoms with van der Waals surface area (Å²) in [6.45, 7) is 2.30. The number of para-hydroxylation sites is 2. The van der Waals surface area contributed by atoms with Crippen LogP contribution in [0.3, 0.4) is 0 Å². The number of H-pyrrole nitrogens is 1. The van der Waals surface area contributed by atoms with Crippen LogP contribution in [0.2, 0.25) is 0 Å². The van der Waals surface area contributed by atoms with Gasteiger partial charge in [0.2, 0.25) is 0 Å². The zero-order valence-electron chi connectivity index (χ0n) is 14.1. The molecule has 2 aromatic heterocycles. The highest BCUT2D eigenvalue weighted by Gasteiger charge is 2.37. The lowest BCUT2D eigenvalue weighted by molar-refractivity contribution is -0.0743. The Balaban J connectivity index is 1.93. The Hall–Kier alpha value is -2.96. The van der Waals surface area contributed by atoms with Crippen LogP contribution < -0.4 is 5.56 Å². The highest BCUT2D eigenvalue weighted by atomic mass is 16.5. The van der Waals surface area contributed by atoms with Crippen LogP contribution in [0, 0.1) is 0 Å². The Labute approximate surface area is 148 Å². The van der Waals surface area contributed by atoms with E-state index in [9.17, 15) is 9.90 Å². The van der Waals surface area contributed by atoms with Gasteiger partial charge in [-0.05, 0) is 25.1 Å². The second-order valence-corrected chi connectivity index (χ2v) is 6.38. The van der Waals surface area contributed by atoms with Crippen molar-refractivity contribution in [1.82, 2.24) is 14.5 Å². The average molecular weight is 347 g/mol. The minimum absolute atomic E-state index is 0.271. The molecule has 0 amide bonds. The third kappa shape index (κ3) is 1.94. The van der Waals surface area contributed by atoms with Crippen LogP contribution in [-0.4, -0.2) is 26.2 Å². The molecule has 0 spiro atoms. The minimum Gasteiger partial charge on any atom is -0.370 e. The van der Waals surface area contributed by atoms with Crippen LogP contribution in [0.5, 0.6) is 0 Å². The maximum Gasteiger partial charge on any atom is 0.263 e. The van der Waals surface area contributed by atoms with E-state index in [-0.39, 0.29) is 5.56 Å². The highest BCUT2D eigenvalue weighted by molar-refractivity contribution is 5.91. The van der Waals surface area contributed by atoms with Gasteiger partial charge in [-0.3, -0.25) is 9.36 Å². The van der Waals surface area contributed by atoms with E-state index in [0.29, 0.717) is 23.3 Å². The largest absolute Gasteiger partial charge is 0.370 e. The molecule has 26 heavy (non-hydrogen) atoms. The number of fused-ring (bicyclic) bond motifs is 6. The Morgan fingerprint density at radius 3 is 2.69 bits per heavy atom.